The first-order valence-electron chi connectivity index (χ1n) is 8.59. The fraction of sp³-hybridized carbons (Fsp3) is 0.765. The van der Waals surface area contributed by atoms with Crippen LogP contribution in [0.25, 0.3) is 0 Å². The van der Waals surface area contributed by atoms with Crippen LogP contribution in [-0.4, -0.2) is 75.9 Å². The van der Waals surface area contributed by atoms with Crippen molar-refractivity contribution in [3.8, 4) is 0 Å². The minimum Gasteiger partial charge on any atom is -0.390 e. The predicted molar refractivity (Wildman–Crippen MR) is 88.2 cm³/mol. The minimum atomic E-state index is -0.336. The molecule has 0 aliphatic carbocycles. The molecule has 0 amide bonds. The van der Waals surface area contributed by atoms with Gasteiger partial charge in [-0.1, -0.05) is 0 Å². The van der Waals surface area contributed by atoms with Crippen LogP contribution in [-0.2, 0) is 17.7 Å². The lowest BCUT2D eigenvalue weighted by atomic mass is 10.1. The highest BCUT2D eigenvalue weighted by molar-refractivity contribution is 5.20. The molecule has 6 nitrogen and oxygen atoms in total. The number of aliphatic hydroxyl groups excluding tert-OH is 1. The Morgan fingerprint density at radius 2 is 1.96 bits per heavy atom. The summed E-state index contributed by atoms with van der Waals surface area (Å²) < 4.78 is 5.75. The molecule has 3 heterocycles. The van der Waals surface area contributed by atoms with E-state index in [0.717, 1.165) is 44.1 Å². The second kappa shape index (κ2) is 7.21. The van der Waals surface area contributed by atoms with Gasteiger partial charge in [0.25, 0.3) is 0 Å². The molecule has 0 radical (unpaired) electrons. The molecule has 1 fully saturated rings. The van der Waals surface area contributed by atoms with E-state index in [4.69, 9.17) is 4.74 Å². The number of ether oxygens (including phenoxy) is 1. The van der Waals surface area contributed by atoms with Crippen molar-refractivity contribution in [1.82, 2.24) is 19.8 Å². The molecule has 1 aromatic rings. The van der Waals surface area contributed by atoms with E-state index in [9.17, 15) is 5.11 Å². The zero-order valence-electron chi connectivity index (χ0n) is 14.4. The van der Waals surface area contributed by atoms with Gasteiger partial charge in [0.1, 0.15) is 5.82 Å². The lowest BCUT2D eigenvalue weighted by molar-refractivity contribution is -0.0782. The third kappa shape index (κ3) is 4.47. The number of hydrogen-bond donors (Lipinski definition) is 1. The summed E-state index contributed by atoms with van der Waals surface area (Å²) in [4.78, 5) is 13.4. The van der Waals surface area contributed by atoms with Crippen LogP contribution in [0.1, 0.15) is 30.9 Å². The first-order valence-corrected chi connectivity index (χ1v) is 8.59. The number of β-amino-alcohol motifs (C(OH)–C–C–N with tert-alkyl or cyclic N) is 1. The maximum absolute atomic E-state index is 10.5. The smallest absolute Gasteiger partial charge is 0.125 e. The van der Waals surface area contributed by atoms with Crippen LogP contribution in [0, 0.1) is 6.92 Å². The molecule has 1 aromatic heterocycles. The maximum atomic E-state index is 10.5. The van der Waals surface area contributed by atoms with Gasteiger partial charge in [-0.2, -0.15) is 0 Å². The van der Waals surface area contributed by atoms with E-state index in [1.807, 2.05) is 13.1 Å². The molecule has 0 spiro atoms. The molecule has 128 valence electrons. The molecule has 2 aliphatic heterocycles. The molecule has 3 atom stereocenters. The Bertz CT molecular complexity index is 529. The molecule has 0 unspecified atom stereocenters. The second-order valence-corrected chi connectivity index (χ2v) is 7.00. The van der Waals surface area contributed by atoms with Crippen LogP contribution < -0.4 is 0 Å². The van der Waals surface area contributed by atoms with Gasteiger partial charge in [-0.05, 0) is 32.8 Å². The van der Waals surface area contributed by atoms with Crippen LogP contribution >= 0.6 is 0 Å². The molecule has 0 saturated carbocycles. The van der Waals surface area contributed by atoms with Crippen molar-refractivity contribution in [3.05, 3.63) is 23.3 Å². The highest BCUT2D eigenvalue weighted by Gasteiger charge is 2.25. The number of aryl methyl sites for hydroxylation is 1. The highest BCUT2D eigenvalue weighted by atomic mass is 16.5. The van der Waals surface area contributed by atoms with Gasteiger partial charge in [0, 0.05) is 45.5 Å². The SMILES string of the molecule is Cc1ncc2c(n1)CN(C[C@H](O)CN1C[C@@H](C)O[C@H](C)C1)CC2. The van der Waals surface area contributed by atoms with Crippen LogP contribution in [0.5, 0.6) is 0 Å². The van der Waals surface area contributed by atoms with Crippen molar-refractivity contribution >= 4 is 0 Å². The molecule has 0 aromatic carbocycles. The molecule has 0 bridgehead atoms. The molecule has 2 aliphatic rings. The van der Waals surface area contributed by atoms with Gasteiger partial charge in [-0.25, -0.2) is 9.97 Å². The monoisotopic (exact) mass is 320 g/mol. The van der Waals surface area contributed by atoms with E-state index in [1.54, 1.807) is 0 Å². The Hall–Kier alpha value is -1.08. The van der Waals surface area contributed by atoms with Gasteiger partial charge >= 0.3 is 0 Å². The molecule has 3 rings (SSSR count). The highest BCUT2D eigenvalue weighted by Crippen LogP contribution is 2.17. The normalized spacial score (nSPS) is 27.7. The van der Waals surface area contributed by atoms with E-state index >= 15 is 0 Å². The van der Waals surface area contributed by atoms with Crippen LogP contribution in [0.2, 0.25) is 0 Å². The van der Waals surface area contributed by atoms with Crippen molar-refractivity contribution in [3.63, 3.8) is 0 Å². The lowest BCUT2D eigenvalue weighted by Gasteiger charge is -2.37. The van der Waals surface area contributed by atoms with Crippen molar-refractivity contribution in [2.75, 3.05) is 32.7 Å². The average Bonchev–Trinajstić information content (AvgIpc) is 2.45. The average molecular weight is 320 g/mol. The second-order valence-electron chi connectivity index (χ2n) is 7.00. The van der Waals surface area contributed by atoms with Gasteiger partial charge in [0.2, 0.25) is 0 Å². The predicted octanol–water partition coefficient (Wildman–Crippen LogP) is 0.613. The fourth-order valence-electron chi connectivity index (χ4n) is 3.70. The van der Waals surface area contributed by atoms with E-state index < -0.39 is 0 Å². The summed E-state index contributed by atoms with van der Waals surface area (Å²) in [5, 5.41) is 10.5. The molecule has 1 saturated heterocycles. The number of aromatic nitrogens is 2. The van der Waals surface area contributed by atoms with Crippen molar-refractivity contribution in [2.24, 2.45) is 0 Å². The summed E-state index contributed by atoms with van der Waals surface area (Å²) in [6, 6.07) is 0. The Morgan fingerprint density at radius 3 is 2.70 bits per heavy atom. The van der Waals surface area contributed by atoms with Crippen molar-refractivity contribution in [2.45, 2.75) is 52.0 Å². The first-order chi connectivity index (χ1) is 11.0. The van der Waals surface area contributed by atoms with Crippen LogP contribution in [0.3, 0.4) is 0 Å². The largest absolute Gasteiger partial charge is 0.390 e. The third-order valence-corrected chi connectivity index (χ3v) is 4.58. The summed E-state index contributed by atoms with van der Waals surface area (Å²) >= 11 is 0. The zero-order chi connectivity index (χ0) is 16.4. The quantitative estimate of drug-likeness (QED) is 0.877. The molecular formula is C17H28N4O2. The lowest BCUT2D eigenvalue weighted by Crippen LogP contribution is -2.50. The number of nitrogens with zero attached hydrogens (tertiary/aromatic N) is 4. The standard InChI is InChI=1S/C17H28N4O2/c1-12-7-21(8-13(2)23-12)10-16(22)9-20-5-4-15-6-18-14(3)19-17(15)11-20/h6,12-13,16,22H,4-5,7-11H2,1-3H3/t12-,13-,16+/m1/s1. The number of aliphatic hydroxyl groups is 1. The maximum Gasteiger partial charge on any atom is 0.125 e. The number of fused-ring (bicyclic) bond motifs is 1. The Labute approximate surface area is 138 Å². The fourth-order valence-corrected chi connectivity index (χ4v) is 3.70. The summed E-state index contributed by atoms with van der Waals surface area (Å²) in [5.41, 5.74) is 2.36. The van der Waals surface area contributed by atoms with Crippen molar-refractivity contribution in [1.29, 1.82) is 0 Å². The summed E-state index contributed by atoms with van der Waals surface area (Å²) in [6.07, 6.45) is 3.06. The van der Waals surface area contributed by atoms with E-state index in [0.29, 0.717) is 13.1 Å². The van der Waals surface area contributed by atoms with Crippen molar-refractivity contribution < 1.29 is 9.84 Å². The molecule has 6 heteroatoms. The van der Waals surface area contributed by atoms with Gasteiger partial charge in [-0.15, -0.1) is 0 Å². The topological polar surface area (TPSA) is 61.7 Å². The third-order valence-electron chi connectivity index (χ3n) is 4.58. The van der Waals surface area contributed by atoms with Crippen LogP contribution in [0.15, 0.2) is 6.20 Å². The molecule has 23 heavy (non-hydrogen) atoms. The first kappa shape index (κ1) is 16.8. The minimum absolute atomic E-state index is 0.243. The van der Waals surface area contributed by atoms with Gasteiger partial charge < -0.3 is 9.84 Å². The Morgan fingerprint density at radius 1 is 1.26 bits per heavy atom. The van der Waals surface area contributed by atoms with Gasteiger partial charge in [0.15, 0.2) is 0 Å². The molecular weight excluding hydrogens is 292 g/mol. The summed E-state index contributed by atoms with van der Waals surface area (Å²) in [6.45, 7) is 11.1. The number of hydrogen-bond acceptors (Lipinski definition) is 6. The molecule has 1 N–H and O–H groups in total. The zero-order valence-corrected chi connectivity index (χ0v) is 14.4. The van der Waals surface area contributed by atoms with Gasteiger partial charge in [-0.3, -0.25) is 9.80 Å². The Balaban J connectivity index is 1.51. The number of morpholine rings is 1. The summed E-state index contributed by atoms with van der Waals surface area (Å²) in [5.74, 6) is 0.822. The van der Waals surface area contributed by atoms with E-state index in [2.05, 4.69) is 33.6 Å². The number of rotatable bonds is 4. The summed E-state index contributed by atoms with van der Waals surface area (Å²) in [7, 11) is 0. The van der Waals surface area contributed by atoms with Crippen LogP contribution in [0.4, 0.5) is 0 Å². The van der Waals surface area contributed by atoms with E-state index in [-0.39, 0.29) is 18.3 Å². The Kier molecular flexibility index (Phi) is 5.26. The van der Waals surface area contributed by atoms with E-state index in [1.165, 1.54) is 5.56 Å². The van der Waals surface area contributed by atoms with Gasteiger partial charge in [0.05, 0.1) is 24.0 Å².